The van der Waals surface area contributed by atoms with Gasteiger partial charge in [-0.2, -0.15) is 5.26 Å². The molecule has 6 nitrogen and oxygen atoms in total. The van der Waals surface area contributed by atoms with Crippen molar-refractivity contribution in [1.29, 1.82) is 5.26 Å². The normalized spacial score (nSPS) is 15.6. The first-order valence-corrected chi connectivity index (χ1v) is 12.6. The number of likely N-dealkylation sites (tertiary alicyclic amines) is 1. The SMILES string of the molecule is CC(C)(O)Cn1ccc2cc(-c3ccc(C(=O)N4CC[C@H](N)C4)cc3-c3ccc(C#N)c(F)c3)c(F)c(F)c21. The number of amides is 1. The Balaban J connectivity index is 1.69. The van der Waals surface area contributed by atoms with E-state index in [1.807, 2.05) is 0 Å². The van der Waals surface area contributed by atoms with E-state index in [9.17, 15) is 14.3 Å². The van der Waals surface area contributed by atoms with Crippen molar-refractivity contribution < 1.29 is 23.1 Å². The Kier molecular flexibility index (Phi) is 6.70. The summed E-state index contributed by atoms with van der Waals surface area (Å²) < 4.78 is 47.3. The highest BCUT2D eigenvalue weighted by molar-refractivity contribution is 5.99. The summed E-state index contributed by atoms with van der Waals surface area (Å²) in [4.78, 5) is 14.8. The van der Waals surface area contributed by atoms with E-state index in [1.54, 1.807) is 37.1 Å². The third-order valence-electron chi connectivity index (χ3n) is 6.96. The van der Waals surface area contributed by atoms with Crippen molar-refractivity contribution in [1.82, 2.24) is 9.47 Å². The van der Waals surface area contributed by atoms with E-state index in [4.69, 9.17) is 11.0 Å². The largest absolute Gasteiger partial charge is 0.389 e. The molecule has 1 aliphatic heterocycles. The topological polar surface area (TPSA) is 95.3 Å². The maximum atomic E-state index is 15.7. The number of nitriles is 1. The predicted molar refractivity (Wildman–Crippen MR) is 142 cm³/mol. The van der Waals surface area contributed by atoms with Gasteiger partial charge in [0.2, 0.25) is 0 Å². The number of fused-ring (bicyclic) bond motifs is 1. The van der Waals surface area contributed by atoms with Gasteiger partial charge in [-0.3, -0.25) is 4.79 Å². The number of hydrogen-bond acceptors (Lipinski definition) is 4. The van der Waals surface area contributed by atoms with Gasteiger partial charge >= 0.3 is 0 Å². The molecule has 5 rings (SSSR count). The fraction of sp³-hybridized carbons (Fsp3) is 0.267. The van der Waals surface area contributed by atoms with Gasteiger partial charge in [0.1, 0.15) is 11.9 Å². The first-order valence-electron chi connectivity index (χ1n) is 12.6. The molecule has 1 aliphatic rings. The third kappa shape index (κ3) is 5.01. The minimum atomic E-state index is -1.15. The minimum Gasteiger partial charge on any atom is -0.389 e. The Morgan fingerprint density at radius 1 is 1.08 bits per heavy atom. The van der Waals surface area contributed by atoms with Crippen molar-refractivity contribution in [3.05, 3.63) is 83.3 Å². The van der Waals surface area contributed by atoms with E-state index in [0.29, 0.717) is 41.6 Å². The molecule has 0 aliphatic carbocycles. The molecule has 3 aromatic carbocycles. The summed E-state index contributed by atoms with van der Waals surface area (Å²) in [7, 11) is 0. The van der Waals surface area contributed by atoms with E-state index in [2.05, 4.69) is 0 Å². The van der Waals surface area contributed by atoms with Crippen LogP contribution in [-0.2, 0) is 6.54 Å². The molecular formula is C30H27F3N4O2. The zero-order valence-corrected chi connectivity index (χ0v) is 21.5. The Bertz CT molecular complexity index is 1650. The first-order chi connectivity index (χ1) is 18.5. The highest BCUT2D eigenvalue weighted by atomic mass is 19.2. The molecule has 1 fully saturated rings. The number of benzene rings is 3. The Hall–Kier alpha value is -4.13. The van der Waals surface area contributed by atoms with Crippen LogP contribution in [0.4, 0.5) is 13.2 Å². The van der Waals surface area contributed by atoms with Crippen LogP contribution in [0.25, 0.3) is 33.2 Å². The summed E-state index contributed by atoms with van der Waals surface area (Å²) in [5, 5.41) is 19.8. The van der Waals surface area contributed by atoms with Gasteiger partial charge in [-0.25, -0.2) is 13.2 Å². The highest BCUT2D eigenvalue weighted by Crippen LogP contribution is 2.39. The van der Waals surface area contributed by atoms with Gasteiger partial charge in [-0.1, -0.05) is 12.1 Å². The molecule has 0 radical (unpaired) electrons. The molecule has 3 N–H and O–H groups in total. The van der Waals surface area contributed by atoms with Crippen molar-refractivity contribution >= 4 is 16.8 Å². The molecule has 39 heavy (non-hydrogen) atoms. The monoisotopic (exact) mass is 532 g/mol. The molecule has 1 aromatic heterocycles. The van der Waals surface area contributed by atoms with Crippen molar-refractivity contribution in [3.63, 3.8) is 0 Å². The lowest BCUT2D eigenvalue weighted by molar-refractivity contribution is 0.0626. The van der Waals surface area contributed by atoms with Crippen molar-refractivity contribution in [3.8, 4) is 28.3 Å². The molecule has 200 valence electrons. The lowest BCUT2D eigenvalue weighted by Gasteiger charge is -2.20. The van der Waals surface area contributed by atoms with Crippen LogP contribution in [0, 0.1) is 28.8 Å². The van der Waals surface area contributed by atoms with Crippen molar-refractivity contribution in [2.75, 3.05) is 13.1 Å². The second-order valence-corrected chi connectivity index (χ2v) is 10.6. The average molecular weight is 533 g/mol. The van der Waals surface area contributed by atoms with E-state index >= 15 is 8.78 Å². The van der Waals surface area contributed by atoms with Gasteiger partial charge in [0.25, 0.3) is 5.91 Å². The zero-order chi connectivity index (χ0) is 28.1. The summed E-state index contributed by atoms with van der Waals surface area (Å²) in [5.41, 5.74) is 5.76. The molecule has 0 unspecified atom stereocenters. The van der Waals surface area contributed by atoms with Crippen LogP contribution in [0.1, 0.15) is 36.2 Å². The van der Waals surface area contributed by atoms with E-state index < -0.39 is 23.1 Å². The van der Waals surface area contributed by atoms with Crippen LogP contribution < -0.4 is 5.73 Å². The number of nitrogens with zero attached hydrogens (tertiary/aromatic N) is 3. The minimum absolute atomic E-state index is 0.0153. The number of carbonyl (C=O) groups is 1. The Morgan fingerprint density at radius 3 is 2.49 bits per heavy atom. The molecule has 1 saturated heterocycles. The van der Waals surface area contributed by atoms with Crippen LogP contribution in [0.3, 0.4) is 0 Å². The smallest absolute Gasteiger partial charge is 0.253 e. The van der Waals surface area contributed by atoms with E-state index in [0.717, 1.165) is 6.07 Å². The van der Waals surface area contributed by atoms with Gasteiger partial charge in [0, 0.05) is 41.8 Å². The third-order valence-corrected chi connectivity index (χ3v) is 6.96. The molecule has 1 amide bonds. The number of aliphatic hydroxyl groups is 1. The summed E-state index contributed by atoms with van der Waals surface area (Å²) in [6.45, 7) is 4.10. The maximum absolute atomic E-state index is 15.7. The molecule has 0 bridgehead atoms. The van der Waals surface area contributed by atoms with Crippen LogP contribution in [-0.4, -0.2) is 45.2 Å². The molecule has 4 aromatic rings. The zero-order valence-electron chi connectivity index (χ0n) is 21.5. The molecule has 2 heterocycles. The van der Waals surface area contributed by atoms with Gasteiger partial charge in [-0.05, 0) is 73.4 Å². The van der Waals surface area contributed by atoms with Crippen molar-refractivity contribution in [2.24, 2.45) is 5.73 Å². The number of hydrogen-bond donors (Lipinski definition) is 2. The number of nitrogens with two attached hydrogens (primary N) is 1. The van der Waals surface area contributed by atoms with Gasteiger partial charge in [0.15, 0.2) is 11.6 Å². The van der Waals surface area contributed by atoms with Crippen LogP contribution in [0.5, 0.6) is 0 Å². The average Bonchev–Trinajstić information content (AvgIpc) is 3.50. The van der Waals surface area contributed by atoms with Gasteiger partial charge in [0.05, 0.1) is 23.2 Å². The summed E-state index contributed by atoms with van der Waals surface area (Å²) in [6.07, 6.45) is 2.25. The van der Waals surface area contributed by atoms with Crippen LogP contribution in [0.15, 0.2) is 54.7 Å². The number of carbonyl (C=O) groups excluding carboxylic acids is 1. The second kappa shape index (κ2) is 9.88. The molecule has 9 heteroatoms. The van der Waals surface area contributed by atoms with Gasteiger partial charge < -0.3 is 20.3 Å². The van der Waals surface area contributed by atoms with Crippen molar-refractivity contribution in [2.45, 2.75) is 38.5 Å². The van der Waals surface area contributed by atoms with E-state index in [1.165, 1.54) is 41.0 Å². The molecular weight excluding hydrogens is 505 g/mol. The standard InChI is InChI=1S/C30H27F3N4O2/c1-30(2,39)16-37-9-7-18-11-24(26(32)27(33)28(18)37)22-6-5-19(29(38)36-10-8-21(35)15-36)12-23(22)17-3-4-20(14-34)25(31)13-17/h3-7,9,11-13,21,39H,8,10,15-16,35H2,1-2H3/t21-/m0/s1. The number of halogens is 3. The van der Waals surface area contributed by atoms with Crippen LogP contribution >= 0.6 is 0 Å². The quantitative estimate of drug-likeness (QED) is 0.369. The summed E-state index contributed by atoms with van der Waals surface area (Å²) >= 11 is 0. The van der Waals surface area contributed by atoms with E-state index in [-0.39, 0.29) is 40.7 Å². The summed E-state index contributed by atoms with van der Waals surface area (Å²) in [6, 6.07) is 13.3. The summed E-state index contributed by atoms with van der Waals surface area (Å²) in [5.74, 6) is -3.23. The molecule has 0 spiro atoms. The van der Waals surface area contributed by atoms with Crippen LogP contribution in [0.2, 0.25) is 0 Å². The van der Waals surface area contributed by atoms with Gasteiger partial charge in [-0.15, -0.1) is 0 Å². The second-order valence-electron chi connectivity index (χ2n) is 10.6. The molecule has 0 saturated carbocycles. The lowest BCUT2D eigenvalue weighted by Crippen LogP contribution is -2.31. The first kappa shape index (κ1) is 26.5. The predicted octanol–water partition coefficient (Wildman–Crippen LogP) is 5.21. The Labute approximate surface area is 223 Å². The fourth-order valence-electron chi connectivity index (χ4n) is 5.12. The number of aromatic nitrogens is 1. The maximum Gasteiger partial charge on any atom is 0.253 e. The fourth-order valence-corrected chi connectivity index (χ4v) is 5.12. The number of rotatable bonds is 5. The lowest BCUT2D eigenvalue weighted by atomic mass is 9.91. The molecule has 1 atom stereocenters. The Morgan fingerprint density at radius 2 is 1.85 bits per heavy atom. The highest BCUT2D eigenvalue weighted by Gasteiger charge is 2.27.